The number of rotatable bonds is 2. The minimum absolute atomic E-state index is 0.145. The molecule has 1 saturated heterocycles. The van der Waals surface area contributed by atoms with E-state index in [1.165, 1.54) is 11.1 Å². The first kappa shape index (κ1) is 16.0. The Morgan fingerprint density at radius 1 is 1.15 bits per heavy atom. The van der Waals surface area contributed by atoms with Gasteiger partial charge in [-0.1, -0.05) is 24.3 Å². The van der Waals surface area contributed by atoms with Crippen molar-refractivity contribution in [2.75, 3.05) is 19.6 Å². The molecule has 132 valence electrons. The van der Waals surface area contributed by atoms with Crippen LogP contribution in [-0.2, 0) is 13.0 Å². The van der Waals surface area contributed by atoms with Crippen molar-refractivity contribution in [1.82, 2.24) is 14.8 Å². The molecule has 1 aromatic heterocycles. The third kappa shape index (κ3) is 2.72. The van der Waals surface area contributed by atoms with Crippen LogP contribution in [0.1, 0.15) is 26.5 Å². The van der Waals surface area contributed by atoms with Gasteiger partial charge in [0.05, 0.1) is 15.2 Å². The standard InChI is InChI=1S/C21H21N3OS/c1-14-22-19-7-6-16(10-20(19)26-14)21(25)24-12-18(13-24)23-9-8-15-4-2-3-5-17(15)11-23/h2-7,10,18H,8-9,11-13H2,1H3. The van der Waals surface area contributed by atoms with Gasteiger partial charge in [0.2, 0.25) is 0 Å². The molecule has 2 aromatic carbocycles. The maximum Gasteiger partial charge on any atom is 0.254 e. The molecule has 0 atom stereocenters. The molecule has 3 aromatic rings. The summed E-state index contributed by atoms with van der Waals surface area (Å²) in [5.41, 5.74) is 4.68. The number of aryl methyl sites for hydroxylation is 1. The molecule has 2 aliphatic rings. The van der Waals surface area contributed by atoms with E-state index in [1.54, 1.807) is 11.3 Å². The van der Waals surface area contributed by atoms with Gasteiger partial charge in [-0.2, -0.15) is 0 Å². The summed E-state index contributed by atoms with van der Waals surface area (Å²) in [5, 5.41) is 1.04. The highest BCUT2D eigenvalue weighted by atomic mass is 32.1. The highest BCUT2D eigenvalue weighted by Gasteiger charge is 2.36. The van der Waals surface area contributed by atoms with Crippen LogP contribution in [0.5, 0.6) is 0 Å². The Morgan fingerprint density at radius 3 is 2.81 bits per heavy atom. The molecule has 0 bridgehead atoms. The fourth-order valence-electron chi connectivity index (χ4n) is 4.04. The van der Waals surface area contributed by atoms with Gasteiger partial charge in [-0.05, 0) is 42.7 Å². The Morgan fingerprint density at radius 2 is 1.96 bits per heavy atom. The summed E-state index contributed by atoms with van der Waals surface area (Å²) in [5.74, 6) is 0.145. The third-order valence-electron chi connectivity index (χ3n) is 5.57. The SMILES string of the molecule is Cc1nc2ccc(C(=O)N3CC(N4CCc5ccccc5C4)C3)cc2s1. The number of carbonyl (C=O) groups excluding carboxylic acids is 1. The molecule has 4 nitrogen and oxygen atoms in total. The van der Waals surface area contributed by atoms with Crippen molar-refractivity contribution >= 4 is 27.5 Å². The van der Waals surface area contributed by atoms with E-state index in [0.29, 0.717) is 6.04 Å². The highest BCUT2D eigenvalue weighted by Crippen LogP contribution is 2.27. The van der Waals surface area contributed by atoms with Gasteiger partial charge in [0.15, 0.2) is 0 Å². The molecule has 1 amide bonds. The van der Waals surface area contributed by atoms with Gasteiger partial charge in [-0.25, -0.2) is 4.98 Å². The topological polar surface area (TPSA) is 36.4 Å². The van der Waals surface area contributed by atoms with E-state index in [9.17, 15) is 4.79 Å². The molecule has 2 aliphatic heterocycles. The number of hydrogen-bond acceptors (Lipinski definition) is 4. The maximum atomic E-state index is 12.8. The maximum absolute atomic E-state index is 12.8. The number of benzene rings is 2. The van der Waals surface area contributed by atoms with Crippen molar-refractivity contribution in [3.8, 4) is 0 Å². The van der Waals surface area contributed by atoms with Gasteiger partial charge in [0.1, 0.15) is 0 Å². The smallest absolute Gasteiger partial charge is 0.254 e. The number of fused-ring (bicyclic) bond motifs is 2. The Labute approximate surface area is 157 Å². The lowest BCUT2D eigenvalue weighted by molar-refractivity contribution is 0.0218. The van der Waals surface area contributed by atoms with Crippen molar-refractivity contribution in [3.63, 3.8) is 0 Å². The second kappa shape index (κ2) is 6.18. The summed E-state index contributed by atoms with van der Waals surface area (Å²) in [4.78, 5) is 21.8. The van der Waals surface area contributed by atoms with E-state index in [2.05, 4.69) is 34.1 Å². The predicted octanol–water partition coefficient (Wildman–Crippen LogP) is 3.49. The summed E-state index contributed by atoms with van der Waals surface area (Å²) in [6.07, 6.45) is 1.11. The van der Waals surface area contributed by atoms with Crippen LogP contribution in [0.3, 0.4) is 0 Å². The molecule has 0 saturated carbocycles. The quantitative estimate of drug-likeness (QED) is 0.699. The first-order valence-electron chi connectivity index (χ1n) is 9.15. The van der Waals surface area contributed by atoms with E-state index >= 15 is 0 Å². The average molecular weight is 363 g/mol. The molecule has 0 unspecified atom stereocenters. The van der Waals surface area contributed by atoms with Gasteiger partial charge in [0, 0.05) is 37.8 Å². The van der Waals surface area contributed by atoms with E-state index in [0.717, 1.165) is 53.4 Å². The molecule has 0 N–H and O–H groups in total. The Bertz CT molecular complexity index is 990. The van der Waals surface area contributed by atoms with Crippen LogP contribution >= 0.6 is 11.3 Å². The molecule has 0 aliphatic carbocycles. The Kier molecular flexibility index (Phi) is 3.80. The summed E-state index contributed by atoms with van der Waals surface area (Å²) in [6.45, 7) is 5.77. The van der Waals surface area contributed by atoms with Crippen molar-refractivity contribution in [2.45, 2.75) is 25.9 Å². The number of nitrogens with zero attached hydrogens (tertiary/aromatic N) is 3. The number of likely N-dealkylation sites (tertiary alicyclic amines) is 1. The minimum atomic E-state index is 0.145. The minimum Gasteiger partial charge on any atom is -0.335 e. The van der Waals surface area contributed by atoms with Gasteiger partial charge in [0.25, 0.3) is 5.91 Å². The lowest BCUT2D eigenvalue weighted by atomic mass is 9.96. The van der Waals surface area contributed by atoms with Gasteiger partial charge in [-0.3, -0.25) is 9.69 Å². The van der Waals surface area contributed by atoms with Crippen molar-refractivity contribution < 1.29 is 4.79 Å². The van der Waals surface area contributed by atoms with Crippen LogP contribution < -0.4 is 0 Å². The molecule has 0 radical (unpaired) electrons. The molecule has 5 heteroatoms. The first-order valence-corrected chi connectivity index (χ1v) is 9.96. The number of carbonyl (C=O) groups is 1. The molecule has 26 heavy (non-hydrogen) atoms. The zero-order valence-corrected chi connectivity index (χ0v) is 15.6. The summed E-state index contributed by atoms with van der Waals surface area (Å²) in [6, 6.07) is 15.1. The lowest BCUT2D eigenvalue weighted by Crippen LogP contribution is -2.61. The fourth-order valence-corrected chi connectivity index (χ4v) is 4.90. The van der Waals surface area contributed by atoms with Gasteiger partial charge >= 0.3 is 0 Å². The molecule has 5 rings (SSSR count). The third-order valence-corrected chi connectivity index (χ3v) is 6.50. The molecule has 0 spiro atoms. The monoisotopic (exact) mass is 363 g/mol. The van der Waals surface area contributed by atoms with Gasteiger partial charge in [-0.15, -0.1) is 11.3 Å². The van der Waals surface area contributed by atoms with E-state index < -0.39 is 0 Å². The average Bonchev–Trinajstić information content (AvgIpc) is 2.99. The van der Waals surface area contributed by atoms with Crippen LogP contribution in [0.2, 0.25) is 0 Å². The van der Waals surface area contributed by atoms with Crippen molar-refractivity contribution in [1.29, 1.82) is 0 Å². The highest BCUT2D eigenvalue weighted by molar-refractivity contribution is 7.18. The lowest BCUT2D eigenvalue weighted by Gasteiger charge is -2.47. The molecule has 1 fully saturated rings. The number of aromatic nitrogens is 1. The van der Waals surface area contributed by atoms with E-state index in [-0.39, 0.29) is 5.91 Å². The zero-order chi connectivity index (χ0) is 17.7. The summed E-state index contributed by atoms with van der Waals surface area (Å²) < 4.78 is 1.10. The fraction of sp³-hybridized carbons (Fsp3) is 0.333. The molecule has 3 heterocycles. The first-order chi connectivity index (χ1) is 12.7. The van der Waals surface area contributed by atoms with Crippen LogP contribution in [0.15, 0.2) is 42.5 Å². The number of thiazole rings is 1. The van der Waals surface area contributed by atoms with Gasteiger partial charge < -0.3 is 4.90 Å². The van der Waals surface area contributed by atoms with Crippen LogP contribution in [0, 0.1) is 6.92 Å². The normalized spacial score (nSPS) is 18.0. The van der Waals surface area contributed by atoms with Crippen molar-refractivity contribution in [3.05, 3.63) is 64.2 Å². The summed E-state index contributed by atoms with van der Waals surface area (Å²) in [7, 11) is 0. The second-order valence-electron chi connectivity index (χ2n) is 7.27. The van der Waals surface area contributed by atoms with E-state index in [4.69, 9.17) is 0 Å². The largest absolute Gasteiger partial charge is 0.335 e. The zero-order valence-electron chi connectivity index (χ0n) is 14.8. The van der Waals surface area contributed by atoms with E-state index in [1.807, 2.05) is 30.0 Å². The molecular formula is C21H21N3OS. The number of amides is 1. The van der Waals surface area contributed by atoms with Crippen LogP contribution in [0.25, 0.3) is 10.2 Å². The second-order valence-corrected chi connectivity index (χ2v) is 8.50. The van der Waals surface area contributed by atoms with Crippen LogP contribution in [0.4, 0.5) is 0 Å². The summed E-state index contributed by atoms with van der Waals surface area (Å²) >= 11 is 1.65. The Balaban J connectivity index is 1.25. The predicted molar refractivity (Wildman–Crippen MR) is 105 cm³/mol. The van der Waals surface area contributed by atoms with Crippen LogP contribution in [-0.4, -0.2) is 46.4 Å². The Hall–Kier alpha value is -2.24. The number of hydrogen-bond donors (Lipinski definition) is 0. The van der Waals surface area contributed by atoms with Crippen molar-refractivity contribution in [2.24, 2.45) is 0 Å². The molecular weight excluding hydrogens is 342 g/mol.